The highest BCUT2D eigenvalue weighted by Crippen LogP contribution is 2.38. The molecule has 5 nitrogen and oxygen atoms in total. The van der Waals surface area contributed by atoms with Gasteiger partial charge in [0.05, 0.1) is 17.7 Å². The molecule has 1 fully saturated rings. The van der Waals surface area contributed by atoms with Crippen LogP contribution in [0.2, 0.25) is 5.02 Å². The Morgan fingerprint density at radius 1 is 1.41 bits per heavy atom. The van der Waals surface area contributed by atoms with E-state index in [0.717, 1.165) is 32.1 Å². The molecule has 1 aliphatic rings. The molecule has 0 unspecified atom stereocenters. The standard InChI is InChI=1S/C21H27ClN2O3/c1-4-14(3)27-20-18(22)11-15(12-19(20)26-5-2)10-16(13-23)21(25)24-17-8-6-7-9-17/h10-12,14,17H,4-9H2,1-3H3,(H,24,25)/b16-10-/t14-/m1/s1. The average molecular weight is 391 g/mol. The predicted molar refractivity (Wildman–Crippen MR) is 107 cm³/mol. The summed E-state index contributed by atoms with van der Waals surface area (Å²) in [5, 5.41) is 12.7. The summed E-state index contributed by atoms with van der Waals surface area (Å²) in [5.41, 5.74) is 0.675. The Hall–Kier alpha value is -2.19. The summed E-state index contributed by atoms with van der Waals surface area (Å²) in [7, 11) is 0. The fourth-order valence-corrected chi connectivity index (χ4v) is 3.25. The lowest BCUT2D eigenvalue weighted by Gasteiger charge is -2.18. The molecule has 0 aromatic heterocycles. The molecule has 27 heavy (non-hydrogen) atoms. The Morgan fingerprint density at radius 2 is 2.11 bits per heavy atom. The highest BCUT2D eigenvalue weighted by molar-refractivity contribution is 6.32. The van der Waals surface area contributed by atoms with Gasteiger partial charge in [-0.25, -0.2) is 0 Å². The molecule has 6 heteroatoms. The summed E-state index contributed by atoms with van der Waals surface area (Å²) in [6.07, 6.45) is 6.52. The average Bonchev–Trinajstić information content (AvgIpc) is 3.15. The number of benzene rings is 1. The van der Waals surface area contributed by atoms with E-state index < -0.39 is 0 Å². The first-order valence-corrected chi connectivity index (χ1v) is 9.91. The van der Waals surface area contributed by atoms with Gasteiger partial charge in [0, 0.05) is 6.04 Å². The number of rotatable bonds is 8. The molecular weight excluding hydrogens is 364 g/mol. The zero-order chi connectivity index (χ0) is 19.8. The largest absolute Gasteiger partial charge is 0.490 e. The Morgan fingerprint density at radius 3 is 2.70 bits per heavy atom. The Balaban J connectivity index is 2.28. The summed E-state index contributed by atoms with van der Waals surface area (Å²) in [6, 6.07) is 5.57. The van der Waals surface area contributed by atoms with Crippen LogP contribution in [0.15, 0.2) is 17.7 Å². The van der Waals surface area contributed by atoms with E-state index >= 15 is 0 Å². The molecule has 1 amide bonds. The quantitative estimate of drug-likeness (QED) is 0.507. The van der Waals surface area contributed by atoms with Gasteiger partial charge in [0.2, 0.25) is 0 Å². The van der Waals surface area contributed by atoms with Gasteiger partial charge < -0.3 is 14.8 Å². The van der Waals surface area contributed by atoms with Gasteiger partial charge in [0.1, 0.15) is 11.6 Å². The van der Waals surface area contributed by atoms with Crippen molar-refractivity contribution < 1.29 is 14.3 Å². The molecule has 2 rings (SSSR count). The van der Waals surface area contributed by atoms with Gasteiger partial charge in [-0.05, 0) is 56.9 Å². The summed E-state index contributed by atoms with van der Waals surface area (Å²) >= 11 is 6.40. The predicted octanol–water partition coefficient (Wildman–Crippen LogP) is 4.88. The first kappa shape index (κ1) is 21.1. The number of nitrogens with zero attached hydrogens (tertiary/aromatic N) is 1. The van der Waals surface area contributed by atoms with Crippen molar-refractivity contribution in [2.45, 2.75) is 65.0 Å². The van der Waals surface area contributed by atoms with Crippen molar-refractivity contribution in [3.63, 3.8) is 0 Å². The maximum absolute atomic E-state index is 12.4. The number of carbonyl (C=O) groups is 1. The van der Waals surface area contributed by atoms with Crippen molar-refractivity contribution in [2.24, 2.45) is 0 Å². The molecule has 1 aromatic carbocycles. The number of amides is 1. The van der Waals surface area contributed by atoms with Crippen LogP contribution < -0.4 is 14.8 Å². The number of halogens is 1. The topological polar surface area (TPSA) is 71.3 Å². The highest BCUT2D eigenvalue weighted by atomic mass is 35.5. The molecule has 0 radical (unpaired) electrons. The number of carbonyl (C=O) groups excluding carboxylic acids is 1. The zero-order valence-electron chi connectivity index (χ0n) is 16.2. The maximum atomic E-state index is 12.4. The molecule has 0 bridgehead atoms. The maximum Gasteiger partial charge on any atom is 0.262 e. The van der Waals surface area contributed by atoms with E-state index in [-0.39, 0.29) is 23.6 Å². The van der Waals surface area contributed by atoms with Crippen molar-refractivity contribution in [1.82, 2.24) is 5.32 Å². The molecule has 1 N–H and O–H groups in total. The van der Waals surface area contributed by atoms with Crippen molar-refractivity contribution in [3.05, 3.63) is 28.3 Å². The van der Waals surface area contributed by atoms with E-state index in [0.29, 0.717) is 28.7 Å². The molecule has 0 aliphatic heterocycles. The lowest BCUT2D eigenvalue weighted by atomic mass is 10.1. The third-order valence-electron chi connectivity index (χ3n) is 4.59. The summed E-state index contributed by atoms with van der Waals surface area (Å²) in [6.45, 7) is 6.31. The number of ether oxygens (including phenoxy) is 2. The second-order valence-corrected chi connectivity index (χ2v) is 7.13. The van der Waals surface area contributed by atoms with Gasteiger partial charge in [-0.15, -0.1) is 0 Å². The van der Waals surface area contributed by atoms with Crippen LogP contribution in [0.4, 0.5) is 0 Å². The molecule has 1 atom stereocenters. The van der Waals surface area contributed by atoms with Gasteiger partial charge in [0.15, 0.2) is 11.5 Å². The lowest BCUT2D eigenvalue weighted by Crippen LogP contribution is -2.33. The van der Waals surface area contributed by atoms with Gasteiger partial charge in [0.25, 0.3) is 5.91 Å². The summed E-state index contributed by atoms with van der Waals surface area (Å²) in [4.78, 5) is 12.4. The molecule has 0 saturated heterocycles. The molecule has 146 valence electrons. The first-order valence-electron chi connectivity index (χ1n) is 9.54. The van der Waals surface area contributed by atoms with Crippen LogP contribution in [0.3, 0.4) is 0 Å². The van der Waals surface area contributed by atoms with E-state index in [1.807, 2.05) is 26.8 Å². The van der Waals surface area contributed by atoms with Crippen LogP contribution in [0.1, 0.15) is 58.4 Å². The van der Waals surface area contributed by atoms with Crippen LogP contribution in [0.25, 0.3) is 6.08 Å². The monoisotopic (exact) mass is 390 g/mol. The van der Waals surface area contributed by atoms with Crippen molar-refractivity contribution in [3.8, 4) is 17.6 Å². The fourth-order valence-electron chi connectivity index (χ4n) is 2.98. The van der Waals surface area contributed by atoms with E-state index in [1.165, 1.54) is 6.08 Å². The molecule has 0 spiro atoms. The molecule has 0 heterocycles. The second-order valence-electron chi connectivity index (χ2n) is 6.72. The van der Waals surface area contributed by atoms with Crippen LogP contribution in [0.5, 0.6) is 11.5 Å². The van der Waals surface area contributed by atoms with E-state index in [1.54, 1.807) is 12.1 Å². The first-order chi connectivity index (χ1) is 13.0. The number of nitrogens with one attached hydrogen (secondary N) is 1. The molecule has 1 saturated carbocycles. The Bertz CT molecular complexity index is 734. The van der Waals surface area contributed by atoms with Gasteiger partial charge in [-0.3, -0.25) is 4.79 Å². The van der Waals surface area contributed by atoms with E-state index in [2.05, 4.69) is 5.32 Å². The van der Waals surface area contributed by atoms with Crippen molar-refractivity contribution in [1.29, 1.82) is 5.26 Å². The van der Waals surface area contributed by atoms with Gasteiger partial charge >= 0.3 is 0 Å². The van der Waals surface area contributed by atoms with Gasteiger partial charge in [-0.2, -0.15) is 5.26 Å². The SMILES string of the molecule is CCOc1cc(/C=C(/C#N)C(=O)NC2CCCC2)cc(Cl)c1O[C@H](C)CC. The fraction of sp³-hybridized carbons (Fsp3) is 0.524. The molecular formula is C21H27ClN2O3. The lowest BCUT2D eigenvalue weighted by molar-refractivity contribution is -0.117. The van der Waals surface area contributed by atoms with Crippen LogP contribution in [-0.2, 0) is 4.79 Å². The van der Waals surface area contributed by atoms with Crippen LogP contribution in [-0.4, -0.2) is 24.7 Å². The van der Waals surface area contributed by atoms with Gasteiger partial charge in [-0.1, -0.05) is 31.4 Å². The highest BCUT2D eigenvalue weighted by Gasteiger charge is 2.20. The summed E-state index contributed by atoms with van der Waals surface area (Å²) < 4.78 is 11.5. The van der Waals surface area contributed by atoms with Crippen LogP contribution >= 0.6 is 11.6 Å². The molecule has 1 aliphatic carbocycles. The minimum atomic E-state index is -0.349. The van der Waals surface area contributed by atoms with E-state index in [9.17, 15) is 10.1 Å². The molecule has 1 aromatic rings. The minimum Gasteiger partial charge on any atom is -0.490 e. The number of hydrogen-bond donors (Lipinski definition) is 1. The summed E-state index contributed by atoms with van der Waals surface area (Å²) in [5.74, 6) is 0.641. The van der Waals surface area contributed by atoms with Crippen molar-refractivity contribution >= 4 is 23.6 Å². The zero-order valence-corrected chi connectivity index (χ0v) is 16.9. The number of hydrogen-bond acceptors (Lipinski definition) is 4. The Kier molecular flexibility index (Phi) is 7.99. The number of nitriles is 1. The normalized spacial score (nSPS) is 15.9. The Labute approximate surface area is 166 Å². The smallest absolute Gasteiger partial charge is 0.262 e. The minimum absolute atomic E-state index is 0.00467. The third kappa shape index (κ3) is 5.90. The van der Waals surface area contributed by atoms with E-state index in [4.69, 9.17) is 21.1 Å². The van der Waals surface area contributed by atoms with Crippen molar-refractivity contribution in [2.75, 3.05) is 6.61 Å². The second kappa shape index (κ2) is 10.2. The van der Waals surface area contributed by atoms with Crippen LogP contribution in [0, 0.1) is 11.3 Å². The third-order valence-corrected chi connectivity index (χ3v) is 4.87.